The molecule has 0 saturated heterocycles. The van der Waals surface area contributed by atoms with E-state index in [1.54, 1.807) is 4.90 Å². The summed E-state index contributed by atoms with van der Waals surface area (Å²) in [4.78, 5) is 25.5. The normalized spacial score (nSPS) is 17.8. The molecule has 2 rings (SSSR count). The number of fused-ring (bicyclic) bond motifs is 1. The molecule has 5 nitrogen and oxygen atoms in total. The maximum Gasteiger partial charge on any atom is 0.320 e. The van der Waals surface area contributed by atoms with Crippen LogP contribution in [0, 0.1) is 0 Å². The predicted molar refractivity (Wildman–Crippen MR) is 93.3 cm³/mol. The van der Waals surface area contributed by atoms with Crippen molar-refractivity contribution in [1.29, 1.82) is 0 Å². The van der Waals surface area contributed by atoms with Gasteiger partial charge in [0.25, 0.3) is 0 Å². The van der Waals surface area contributed by atoms with Crippen LogP contribution in [0.1, 0.15) is 38.7 Å². The van der Waals surface area contributed by atoms with E-state index in [4.69, 9.17) is 5.11 Å². The van der Waals surface area contributed by atoms with Crippen molar-refractivity contribution in [3.05, 3.63) is 29.8 Å². The molecular formula is C17H25ClN2O3. The molecule has 1 aromatic carbocycles. The summed E-state index contributed by atoms with van der Waals surface area (Å²) in [6, 6.07) is 7.40. The number of hydrogen-bond donors (Lipinski definition) is 2. The first-order valence-corrected chi connectivity index (χ1v) is 7.90. The van der Waals surface area contributed by atoms with Crippen LogP contribution in [0.5, 0.6) is 0 Å². The minimum atomic E-state index is -0.901. The van der Waals surface area contributed by atoms with Crippen LogP contribution in [-0.2, 0) is 16.0 Å². The zero-order valence-electron chi connectivity index (χ0n) is 13.6. The standard InChI is InChI=1S/C17H24N2O3.ClH/c1-3-6-14(17(21)22)18-11-16(20)19-12(2)9-10-13-7-4-5-8-15(13)19;/h4-5,7-8,12,14,18H,3,6,9-11H2,1-2H3,(H,21,22);1H. The quantitative estimate of drug-likeness (QED) is 0.835. The highest BCUT2D eigenvalue weighted by Gasteiger charge is 2.28. The number of hydrogen-bond acceptors (Lipinski definition) is 3. The maximum atomic E-state index is 12.6. The van der Waals surface area contributed by atoms with Gasteiger partial charge in [0.2, 0.25) is 5.91 Å². The minimum absolute atomic E-state index is 0. The number of aliphatic carboxylic acids is 1. The Bertz CT molecular complexity index is 550. The summed E-state index contributed by atoms with van der Waals surface area (Å²) in [7, 11) is 0. The van der Waals surface area contributed by atoms with Gasteiger partial charge in [-0.25, -0.2) is 0 Å². The second-order valence-electron chi connectivity index (χ2n) is 5.84. The highest BCUT2D eigenvalue weighted by molar-refractivity contribution is 5.96. The number of rotatable bonds is 6. The first-order chi connectivity index (χ1) is 10.5. The van der Waals surface area contributed by atoms with Gasteiger partial charge < -0.3 is 10.0 Å². The van der Waals surface area contributed by atoms with Crippen LogP contribution >= 0.6 is 12.4 Å². The number of carboxylic acid groups (broad SMARTS) is 1. The molecule has 2 atom stereocenters. The van der Waals surface area contributed by atoms with E-state index in [2.05, 4.69) is 5.32 Å². The van der Waals surface area contributed by atoms with Crippen LogP contribution in [0.4, 0.5) is 5.69 Å². The third-order valence-corrected chi connectivity index (χ3v) is 4.17. The fourth-order valence-corrected chi connectivity index (χ4v) is 2.97. The molecule has 23 heavy (non-hydrogen) atoms. The lowest BCUT2D eigenvalue weighted by Gasteiger charge is -2.35. The van der Waals surface area contributed by atoms with Gasteiger partial charge in [-0.3, -0.25) is 14.9 Å². The number of para-hydroxylation sites is 1. The van der Waals surface area contributed by atoms with E-state index in [0.717, 1.165) is 24.9 Å². The summed E-state index contributed by atoms with van der Waals surface area (Å²) in [5, 5.41) is 12.0. The average Bonchev–Trinajstić information content (AvgIpc) is 2.50. The minimum Gasteiger partial charge on any atom is -0.480 e. The molecule has 6 heteroatoms. The summed E-state index contributed by atoms with van der Waals surface area (Å²) in [6.45, 7) is 4.02. The molecular weight excluding hydrogens is 316 g/mol. The molecule has 1 amide bonds. The molecule has 1 aliphatic rings. The van der Waals surface area contributed by atoms with Crippen LogP contribution in [-0.4, -0.2) is 35.6 Å². The van der Waals surface area contributed by atoms with Gasteiger partial charge in [-0.1, -0.05) is 31.5 Å². The van der Waals surface area contributed by atoms with Gasteiger partial charge in [0.15, 0.2) is 0 Å². The summed E-state index contributed by atoms with van der Waals surface area (Å²) in [6.07, 6.45) is 3.19. The fourth-order valence-electron chi connectivity index (χ4n) is 2.97. The molecule has 128 valence electrons. The molecule has 0 bridgehead atoms. The summed E-state index contributed by atoms with van der Waals surface area (Å²) in [5.41, 5.74) is 2.13. The Morgan fingerprint density at radius 2 is 2.09 bits per heavy atom. The second kappa shape index (κ2) is 8.89. The van der Waals surface area contributed by atoms with Gasteiger partial charge >= 0.3 is 5.97 Å². The first kappa shape index (κ1) is 19.5. The number of nitrogens with zero attached hydrogens (tertiary/aromatic N) is 1. The van der Waals surface area contributed by atoms with E-state index in [9.17, 15) is 9.59 Å². The van der Waals surface area contributed by atoms with Gasteiger partial charge in [-0.05, 0) is 37.8 Å². The lowest BCUT2D eigenvalue weighted by molar-refractivity contribution is -0.139. The smallest absolute Gasteiger partial charge is 0.320 e. The largest absolute Gasteiger partial charge is 0.480 e. The van der Waals surface area contributed by atoms with E-state index in [-0.39, 0.29) is 30.9 Å². The van der Waals surface area contributed by atoms with Crippen molar-refractivity contribution in [3.63, 3.8) is 0 Å². The van der Waals surface area contributed by atoms with Crippen LogP contribution in [0.2, 0.25) is 0 Å². The molecule has 1 heterocycles. The van der Waals surface area contributed by atoms with Crippen LogP contribution < -0.4 is 10.2 Å². The van der Waals surface area contributed by atoms with E-state index in [1.807, 2.05) is 38.1 Å². The average molecular weight is 341 g/mol. The third kappa shape index (κ3) is 4.69. The summed E-state index contributed by atoms with van der Waals surface area (Å²) in [5.74, 6) is -0.969. The monoisotopic (exact) mass is 340 g/mol. The molecule has 0 saturated carbocycles. The zero-order valence-corrected chi connectivity index (χ0v) is 14.4. The predicted octanol–water partition coefficient (Wildman–Crippen LogP) is 2.62. The molecule has 1 aliphatic heterocycles. The highest BCUT2D eigenvalue weighted by atomic mass is 35.5. The van der Waals surface area contributed by atoms with Crippen molar-refractivity contribution in [2.24, 2.45) is 0 Å². The van der Waals surface area contributed by atoms with Crippen molar-refractivity contribution in [1.82, 2.24) is 5.32 Å². The molecule has 2 unspecified atom stereocenters. The molecule has 1 aromatic rings. The molecule has 0 fully saturated rings. The van der Waals surface area contributed by atoms with E-state index < -0.39 is 12.0 Å². The number of nitrogens with one attached hydrogen (secondary N) is 1. The maximum absolute atomic E-state index is 12.6. The molecule has 0 aromatic heterocycles. The summed E-state index contributed by atoms with van der Waals surface area (Å²) >= 11 is 0. The van der Waals surface area contributed by atoms with Crippen molar-refractivity contribution in [3.8, 4) is 0 Å². The van der Waals surface area contributed by atoms with Crippen molar-refractivity contribution < 1.29 is 14.7 Å². The van der Waals surface area contributed by atoms with Crippen molar-refractivity contribution in [2.75, 3.05) is 11.4 Å². The Labute approximate surface area is 143 Å². The van der Waals surface area contributed by atoms with Gasteiger partial charge in [0, 0.05) is 11.7 Å². The fraction of sp³-hybridized carbons (Fsp3) is 0.529. The highest BCUT2D eigenvalue weighted by Crippen LogP contribution is 2.30. The van der Waals surface area contributed by atoms with E-state index >= 15 is 0 Å². The Morgan fingerprint density at radius 1 is 1.39 bits per heavy atom. The first-order valence-electron chi connectivity index (χ1n) is 7.90. The number of aryl methyl sites for hydroxylation is 1. The second-order valence-corrected chi connectivity index (χ2v) is 5.84. The van der Waals surface area contributed by atoms with Crippen LogP contribution in [0.3, 0.4) is 0 Å². The lowest BCUT2D eigenvalue weighted by Crippen LogP contribution is -2.49. The number of carboxylic acids is 1. The van der Waals surface area contributed by atoms with E-state index in [0.29, 0.717) is 6.42 Å². The summed E-state index contributed by atoms with van der Waals surface area (Å²) < 4.78 is 0. The molecule has 2 N–H and O–H groups in total. The Balaban J connectivity index is 0.00000264. The Kier molecular flexibility index (Phi) is 7.52. The molecule has 0 radical (unpaired) electrons. The third-order valence-electron chi connectivity index (χ3n) is 4.17. The topological polar surface area (TPSA) is 69.6 Å². The number of benzene rings is 1. The number of carbonyl (C=O) groups excluding carboxylic acids is 1. The Hall–Kier alpha value is -1.59. The SMILES string of the molecule is CCCC(NCC(=O)N1c2ccccc2CCC1C)C(=O)O.Cl. The molecule has 0 spiro atoms. The van der Waals surface area contributed by atoms with Gasteiger partial charge in [0.05, 0.1) is 6.54 Å². The van der Waals surface area contributed by atoms with Gasteiger partial charge in [-0.2, -0.15) is 0 Å². The van der Waals surface area contributed by atoms with Crippen molar-refractivity contribution in [2.45, 2.75) is 51.6 Å². The van der Waals surface area contributed by atoms with Crippen LogP contribution in [0.25, 0.3) is 0 Å². The van der Waals surface area contributed by atoms with E-state index in [1.165, 1.54) is 5.56 Å². The lowest BCUT2D eigenvalue weighted by atomic mass is 9.96. The zero-order chi connectivity index (χ0) is 16.1. The molecule has 0 aliphatic carbocycles. The Morgan fingerprint density at radius 3 is 2.74 bits per heavy atom. The number of carbonyl (C=O) groups is 2. The van der Waals surface area contributed by atoms with Crippen LogP contribution in [0.15, 0.2) is 24.3 Å². The number of halogens is 1. The number of anilines is 1. The van der Waals surface area contributed by atoms with Crippen molar-refractivity contribution >= 4 is 30.0 Å². The van der Waals surface area contributed by atoms with Gasteiger partial charge in [0.1, 0.15) is 6.04 Å². The van der Waals surface area contributed by atoms with Gasteiger partial charge in [-0.15, -0.1) is 12.4 Å². The number of amides is 1.